The van der Waals surface area contributed by atoms with E-state index in [1.807, 2.05) is 18.3 Å². The summed E-state index contributed by atoms with van der Waals surface area (Å²) in [5.41, 5.74) is 26.5. The highest BCUT2D eigenvalue weighted by Crippen LogP contribution is 2.67. The normalized spacial score (nSPS) is 14.5. The Bertz CT molecular complexity index is 5300. The minimum absolute atomic E-state index is 0.0892. The van der Waals surface area contributed by atoms with Crippen LogP contribution in [0.1, 0.15) is 137 Å². The van der Waals surface area contributed by atoms with E-state index >= 15 is 0 Å². The zero-order valence-electron chi connectivity index (χ0n) is 59.6. The predicted molar refractivity (Wildman–Crippen MR) is 399 cm³/mol. The molecule has 0 radical (unpaired) electrons. The maximum Gasteiger partial charge on any atom is 0.137 e. The Morgan fingerprint density at radius 3 is 1.61 bits per heavy atom. The molecule has 3 heterocycles. The van der Waals surface area contributed by atoms with E-state index in [1.165, 1.54) is 78.0 Å². The first-order chi connectivity index (χ1) is 46.8. The van der Waals surface area contributed by atoms with Gasteiger partial charge < -0.3 is 14.5 Å². The average molecular weight is 1240 g/mol. The zero-order chi connectivity index (χ0) is 68.2. The summed E-state index contributed by atoms with van der Waals surface area (Å²) >= 11 is 0. The molecule has 5 nitrogen and oxygen atoms in total. The van der Waals surface area contributed by atoms with E-state index in [2.05, 4.69) is 316 Å². The van der Waals surface area contributed by atoms with Crippen LogP contribution in [-0.2, 0) is 27.1 Å². The summed E-state index contributed by atoms with van der Waals surface area (Å²) in [6.07, 6.45) is 1.98. The van der Waals surface area contributed by atoms with Gasteiger partial charge in [-0.2, -0.15) is 0 Å². The lowest BCUT2D eigenvalue weighted by Gasteiger charge is -2.32. The van der Waals surface area contributed by atoms with Crippen molar-refractivity contribution in [3.63, 3.8) is 0 Å². The Morgan fingerprint density at radius 2 is 0.979 bits per heavy atom. The van der Waals surface area contributed by atoms with E-state index in [1.54, 1.807) is 12.1 Å². The summed E-state index contributed by atoms with van der Waals surface area (Å²) in [7, 11) is 0. The number of benzene rings is 11. The maximum absolute atomic E-state index is 8.14. The molecule has 0 N–H and O–H groups in total. The summed E-state index contributed by atoms with van der Waals surface area (Å²) in [6, 6.07) is 88.5. The van der Waals surface area contributed by atoms with Crippen LogP contribution in [0.15, 0.2) is 249 Å². The second-order valence-electron chi connectivity index (χ2n) is 30.6. The molecule has 2 aliphatic carbocycles. The summed E-state index contributed by atoms with van der Waals surface area (Å²) in [4.78, 5) is 10.5. The van der Waals surface area contributed by atoms with Gasteiger partial charge in [-0.3, -0.25) is 4.57 Å². The van der Waals surface area contributed by atoms with Gasteiger partial charge in [0, 0.05) is 61.2 Å². The molecule has 0 unspecified atom stereocenters. The number of pyridine rings is 1. The lowest BCUT2D eigenvalue weighted by atomic mass is 9.69. The monoisotopic (exact) mass is 1240 g/mol. The van der Waals surface area contributed by atoms with Gasteiger partial charge in [-0.15, -0.1) is 0 Å². The summed E-state index contributed by atoms with van der Waals surface area (Å²) in [5, 5.41) is 2.26. The highest BCUT2D eigenvalue weighted by atomic mass is 16.5. The number of anilines is 4. The molecule has 1 aliphatic heterocycles. The topological polar surface area (TPSA) is 33.5 Å². The van der Waals surface area contributed by atoms with Crippen LogP contribution in [-0.4, -0.2) is 16.2 Å². The second kappa shape index (κ2) is 21.7. The zero-order valence-corrected chi connectivity index (χ0v) is 56.6. The van der Waals surface area contributed by atoms with Gasteiger partial charge in [0.2, 0.25) is 0 Å². The van der Waals surface area contributed by atoms with Crippen LogP contribution in [0.5, 0.6) is 11.5 Å². The van der Waals surface area contributed by atoms with Crippen molar-refractivity contribution in [1.29, 1.82) is 0 Å². The lowest BCUT2D eigenvalue weighted by molar-refractivity contribution is 0.484. The fourth-order valence-corrected chi connectivity index (χ4v) is 15.6. The van der Waals surface area contributed by atoms with E-state index in [4.69, 9.17) is 13.8 Å². The van der Waals surface area contributed by atoms with Crippen LogP contribution in [0.2, 0.25) is 0 Å². The summed E-state index contributed by atoms with van der Waals surface area (Å²) in [6.45, 7) is 26.0. The molecule has 1 spiro atoms. The number of fused-ring (bicyclic) bond motifs is 15. The third-order valence-corrected chi connectivity index (χ3v) is 20.4. The van der Waals surface area contributed by atoms with Crippen molar-refractivity contribution in [1.82, 2.24) is 9.55 Å². The van der Waals surface area contributed by atoms with E-state index in [9.17, 15) is 0 Å². The molecule has 11 aromatic carbocycles. The van der Waals surface area contributed by atoms with Crippen molar-refractivity contribution >= 4 is 44.6 Å². The molecule has 2 aromatic heterocycles. The fraction of sp³-hybridized carbons (Fsp3) is 0.211. The summed E-state index contributed by atoms with van der Waals surface area (Å²) < 4.78 is 34.6. The standard InChI is InChI=1S/C90H82N4O/c1-56-42-44-58(45-43-56)71-54-91-81(52-75(71)89(11,12)13)94-76-39-24-20-35-68(76)82-79(94)53-80(83-67-34-19-23-38-74(67)90(84(82)83)72-36-21-17-32-65(72)66-33-18-22-37-73(66)90)95-64-31-27-30-63(51-64)92-55-93(78-41-26-25-40-77(78)92)85-69(57-28-15-14-16-29-57)49-62(88(8,9)10)50-70(85)59-46-60(86(2,3)4)48-61(47-59)87(5,6)7/h14-54H,55H2,1-13H3/i1D3. The van der Waals surface area contributed by atoms with Gasteiger partial charge in [0.15, 0.2) is 0 Å². The van der Waals surface area contributed by atoms with Crippen molar-refractivity contribution in [2.45, 2.75) is 117 Å². The lowest BCUT2D eigenvalue weighted by Crippen LogP contribution is -2.26. The Labute approximate surface area is 565 Å². The van der Waals surface area contributed by atoms with Gasteiger partial charge in [-0.1, -0.05) is 271 Å². The number of ether oxygens (including phenoxy) is 1. The van der Waals surface area contributed by atoms with Gasteiger partial charge >= 0.3 is 0 Å². The minimum Gasteiger partial charge on any atom is -0.457 e. The molecule has 3 aliphatic rings. The average Bonchev–Trinajstić information content (AvgIpc) is 1.49. The van der Waals surface area contributed by atoms with Crippen LogP contribution >= 0.6 is 0 Å². The van der Waals surface area contributed by atoms with Gasteiger partial charge in [-0.25, -0.2) is 4.98 Å². The molecule has 0 amide bonds. The SMILES string of the molecule is [2H]C([2H])([2H])c1ccc(-c2cnc(-n3c4ccccc4c4c5c(c(Oc6cccc(N7CN(c8c(-c9ccccc9)cc(C(C)(C)C)cc8-c8cc(C(C)(C)C)cc(C(C)(C)C)c8)c8ccccc87)c6)cc43)-c3ccccc3C53c4ccccc4-c4ccccc43)cc2C(C)(C)C)cc1. The molecule has 5 heteroatoms. The molecule has 0 saturated heterocycles. The molecule has 0 fully saturated rings. The summed E-state index contributed by atoms with van der Waals surface area (Å²) in [5.74, 6) is 2.23. The van der Waals surface area contributed by atoms with Gasteiger partial charge in [0.25, 0.3) is 0 Å². The van der Waals surface area contributed by atoms with Gasteiger partial charge in [0.05, 0.1) is 33.5 Å². The quantitative estimate of drug-likeness (QED) is 0.152. The molecule has 0 saturated carbocycles. The van der Waals surface area contributed by atoms with Gasteiger partial charge in [0.1, 0.15) is 24.0 Å². The van der Waals surface area contributed by atoms with Crippen LogP contribution in [0.25, 0.3) is 83.3 Å². The van der Waals surface area contributed by atoms with Crippen molar-refractivity contribution < 1.29 is 8.85 Å². The minimum atomic E-state index is -2.21. The number of nitrogens with zero attached hydrogens (tertiary/aromatic N) is 4. The Balaban J connectivity index is 0.906. The van der Waals surface area contributed by atoms with Crippen molar-refractivity contribution in [3.8, 4) is 73.0 Å². The first-order valence-corrected chi connectivity index (χ1v) is 33.6. The molecule has 16 rings (SSSR count). The number of aromatic nitrogens is 2. The Hall–Kier alpha value is -10.2. The molecule has 468 valence electrons. The Kier molecular flexibility index (Phi) is 12.8. The number of para-hydroxylation sites is 3. The molecular weight excluding hydrogens is 1150 g/mol. The van der Waals surface area contributed by atoms with E-state index < -0.39 is 12.3 Å². The highest BCUT2D eigenvalue weighted by molar-refractivity contribution is 6.17. The smallest absolute Gasteiger partial charge is 0.137 e. The van der Waals surface area contributed by atoms with Gasteiger partial charge in [-0.05, 0) is 155 Å². The van der Waals surface area contributed by atoms with Crippen LogP contribution in [0.4, 0.5) is 22.7 Å². The van der Waals surface area contributed by atoms with E-state index in [0.29, 0.717) is 18.0 Å². The molecule has 0 bridgehead atoms. The number of hydrogen-bond donors (Lipinski definition) is 0. The number of rotatable bonds is 8. The fourth-order valence-electron chi connectivity index (χ4n) is 15.6. The largest absolute Gasteiger partial charge is 0.457 e. The highest BCUT2D eigenvalue weighted by Gasteiger charge is 2.54. The first-order valence-electron chi connectivity index (χ1n) is 35.1. The van der Waals surface area contributed by atoms with Crippen LogP contribution in [0.3, 0.4) is 0 Å². The predicted octanol–water partition coefficient (Wildman–Crippen LogP) is 24.1. The molecule has 95 heavy (non-hydrogen) atoms. The maximum atomic E-state index is 8.14. The third kappa shape index (κ3) is 9.58. The second-order valence-corrected chi connectivity index (χ2v) is 30.6. The third-order valence-electron chi connectivity index (χ3n) is 20.4. The first kappa shape index (κ1) is 56.3. The Morgan fingerprint density at radius 1 is 0.432 bits per heavy atom. The van der Waals surface area contributed by atoms with Crippen molar-refractivity contribution in [3.05, 3.63) is 299 Å². The molecule has 13 aromatic rings. The van der Waals surface area contributed by atoms with Crippen molar-refractivity contribution in [2.24, 2.45) is 0 Å². The number of hydrogen-bond acceptors (Lipinski definition) is 4. The molecule has 0 atom stereocenters. The van der Waals surface area contributed by atoms with E-state index in [-0.39, 0.29) is 21.7 Å². The molecular formula is C90H82N4O. The van der Waals surface area contributed by atoms with Crippen LogP contribution in [0, 0.1) is 6.85 Å². The van der Waals surface area contributed by atoms with Crippen molar-refractivity contribution in [2.75, 3.05) is 16.5 Å². The van der Waals surface area contributed by atoms with Crippen LogP contribution < -0.4 is 14.5 Å². The number of aryl methyl sites for hydroxylation is 1. The van der Waals surface area contributed by atoms with E-state index in [0.717, 1.165) is 78.3 Å².